The molecule has 0 aromatic heterocycles. The molecule has 1 aliphatic rings. The van der Waals surface area contributed by atoms with Crippen molar-refractivity contribution in [3.63, 3.8) is 0 Å². The largest absolute Gasteiger partial charge is 1.00 e. The monoisotopic (exact) mass is 437 g/mol. The zero-order valence-electron chi connectivity index (χ0n) is 15.3. The molecule has 0 unspecified atom stereocenters. The molecule has 0 radical (unpaired) electrons. The molecule has 0 heterocycles. The molecule has 0 fully saturated rings. The van der Waals surface area contributed by atoms with Crippen LogP contribution in [0.4, 0.5) is 0 Å². The smallest absolute Gasteiger partial charge is 1.00 e. The second-order valence-corrected chi connectivity index (χ2v) is 9.88. The Hall–Kier alpha value is -0.0969. The Balaban J connectivity index is 0.00000144. The fourth-order valence-corrected chi connectivity index (χ4v) is 4.38. The summed E-state index contributed by atoms with van der Waals surface area (Å²) in [5.74, 6) is 0. The van der Waals surface area contributed by atoms with E-state index in [4.69, 9.17) is 0 Å². The molecule has 0 nitrogen and oxygen atoms in total. The molecule has 2 aromatic rings. The number of hydrogen-bond donors (Lipinski definition) is 0. The minimum atomic E-state index is 0. The summed E-state index contributed by atoms with van der Waals surface area (Å²) >= 11 is 1.53. The van der Waals surface area contributed by atoms with E-state index in [9.17, 15) is 0 Å². The molecule has 127 valence electrons. The van der Waals surface area contributed by atoms with Crippen LogP contribution < -0.4 is 28.1 Å². The van der Waals surface area contributed by atoms with Gasteiger partial charge < -0.3 is 24.8 Å². The Morgan fingerprint density at radius 1 is 0.792 bits per heavy atom. The van der Waals surface area contributed by atoms with Gasteiger partial charge in [0.25, 0.3) is 0 Å². The zero-order chi connectivity index (χ0) is 16.3. The van der Waals surface area contributed by atoms with Crippen LogP contribution in [0.2, 0.25) is 0 Å². The molecule has 0 bridgehead atoms. The minimum Gasteiger partial charge on any atom is -1.00 e. The van der Waals surface area contributed by atoms with Crippen molar-refractivity contribution in [1.29, 1.82) is 0 Å². The molecule has 1 aliphatic carbocycles. The van der Waals surface area contributed by atoms with E-state index in [0.29, 0.717) is 0 Å². The van der Waals surface area contributed by atoms with Crippen molar-refractivity contribution < 1.29 is 49.5 Å². The predicted octanol–water partition coefficient (Wildman–Crippen LogP) is -0.967. The Morgan fingerprint density at radius 3 is 1.96 bits per heavy atom. The van der Waals surface area contributed by atoms with Gasteiger partial charge in [-0.3, -0.25) is 0 Å². The van der Waals surface area contributed by atoms with Crippen LogP contribution in [-0.2, 0) is 42.0 Å². The SMILES string of the molecule is CC(C)(C)c1c[c]([Zr+2])c2c(c1)-c1cccc(C(C)(C)C)c1C2.[Cl-].[Cl-]. The molecule has 0 amide bonds. The van der Waals surface area contributed by atoms with Crippen molar-refractivity contribution in [3.8, 4) is 11.1 Å². The third kappa shape index (κ3) is 3.84. The first-order chi connectivity index (χ1) is 10.1. The quantitative estimate of drug-likeness (QED) is 0.423. The maximum absolute atomic E-state index is 2.45. The number of hydrogen-bond acceptors (Lipinski definition) is 0. The van der Waals surface area contributed by atoms with Gasteiger partial charge >= 0.3 is 150 Å². The number of benzene rings is 2. The average molecular weight is 440 g/mol. The standard InChI is InChI=1S/C21H25.2ClH.Zr/c1-20(2,3)15-11-10-14-12-18-16(17(14)13-15)8-7-9-19(18)21(4,5)6;;;/h7-9,11,13H,12H2,1-6H3;2*1H;/q;;;+2/p-2. The minimum absolute atomic E-state index is 0. The Kier molecular flexibility index (Phi) is 6.64. The van der Waals surface area contributed by atoms with Crippen LogP contribution in [0.15, 0.2) is 30.3 Å². The third-order valence-corrected chi connectivity index (χ3v) is 5.84. The normalized spacial score (nSPS) is 12.8. The molecule has 0 atom stereocenters. The summed E-state index contributed by atoms with van der Waals surface area (Å²) in [6, 6.07) is 11.7. The maximum Gasteiger partial charge on any atom is -1.00 e. The Bertz CT molecular complexity index is 750. The second-order valence-electron chi connectivity index (χ2n) is 8.56. The van der Waals surface area contributed by atoms with Crippen molar-refractivity contribution in [2.45, 2.75) is 58.8 Å². The van der Waals surface area contributed by atoms with Gasteiger partial charge in [0.2, 0.25) is 0 Å². The van der Waals surface area contributed by atoms with Gasteiger partial charge in [-0.25, -0.2) is 0 Å². The summed E-state index contributed by atoms with van der Waals surface area (Å²) in [6.45, 7) is 13.9. The fraction of sp³-hybridized carbons (Fsp3) is 0.429. The van der Waals surface area contributed by atoms with E-state index in [0.717, 1.165) is 6.42 Å². The van der Waals surface area contributed by atoms with Crippen molar-refractivity contribution in [1.82, 2.24) is 0 Å². The van der Waals surface area contributed by atoms with Gasteiger partial charge in [0.05, 0.1) is 0 Å². The average Bonchev–Trinajstić information content (AvgIpc) is 2.75. The summed E-state index contributed by atoms with van der Waals surface area (Å²) in [7, 11) is 0. The summed E-state index contributed by atoms with van der Waals surface area (Å²) in [4.78, 5) is 0. The summed E-state index contributed by atoms with van der Waals surface area (Å²) in [6.07, 6.45) is 1.11. The molecule has 2 aromatic carbocycles. The first-order valence-electron chi connectivity index (χ1n) is 8.11. The third-order valence-electron chi connectivity index (χ3n) is 4.74. The summed E-state index contributed by atoms with van der Waals surface area (Å²) in [5, 5.41) is 0. The van der Waals surface area contributed by atoms with Crippen molar-refractivity contribution >= 4 is 3.27 Å². The van der Waals surface area contributed by atoms with Crippen LogP contribution in [0, 0.1) is 0 Å². The molecule has 0 spiro atoms. The van der Waals surface area contributed by atoms with E-state index in [1.807, 2.05) is 0 Å². The van der Waals surface area contributed by atoms with Gasteiger partial charge in [-0.05, 0) is 0 Å². The molecule has 3 heteroatoms. The van der Waals surface area contributed by atoms with Gasteiger partial charge in [0.15, 0.2) is 0 Å². The molecule has 0 saturated heterocycles. The van der Waals surface area contributed by atoms with E-state index in [-0.39, 0.29) is 35.6 Å². The number of fused-ring (bicyclic) bond motifs is 3. The van der Waals surface area contributed by atoms with Gasteiger partial charge in [-0.15, -0.1) is 0 Å². The van der Waals surface area contributed by atoms with E-state index >= 15 is 0 Å². The van der Waals surface area contributed by atoms with Crippen LogP contribution in [0.3, 0.4) is 0 Å². The van der Waals surface area contributed by atoms with Crippen LogP contribution in [0.25, 0.3) is 11.1 Å². The fourth-order valence-electron chi connectivity index (χ4n) is 3.44. The molecular formula is C21H25Cl2Zr. The number of halogens is 2. The Morgan fingerprint density at radius 2 is 1.42 bits per heavy atom. The van der Waals surface area contributed by atoms with Gasteiger partial charge in [-0.1, -0.05) is 0 Å². The zero-order valence-corrected chi connectivity index (χ0v) is 19.3. The number of rotatable bonds is 0. The molecular weight excluding hydrogens is 414 g/mol. The van der Waals surface area contributed by atoms with Gasteiger partial charge in [-0.2, -0.15) is 0 Å². The first-order valence-corrected chi connectivity index (χ1v) is 9.33. The molecule has 0 saturated carbocycles. The summed E-state index contributed by atoms with van der Waals surface area (Å²) in [5.41, 5.74) is 9.47. The predicted molar refractivity (Wildman–Crippen MR) is 91.7 cm³/mol. The van der Waals surface area contributed by atoms with E-state index in [1.54, 1.807) is 11.1 Å². The van der Waals surface area contributed by atoms with Crippen molar-refractivity contribution in [3.05, 3.63) is 52.6 Å². The summed E-state index contributed by atoms with van der Waals surface area (Å²) < 4.78 is 1.53. The maximum atomic E-state index is 2.45. The Labute approximate surface area is 174 Å². The van der Waals surface area contributed by atoms with Gasteiger partial charge in [0, 0.05) is 0 Å². The van der Waals surface area contributed by atoms with E-state index in [2.05, 4.69) is 71.9 Å². The topological polar surface area (TPSA) is 0 Å². The van der Waals surface area contributed by atoms with Crippen molar-refractivity contribution in [2.75, 3.05) is 0 Å². The van der Waals surface area contributed by atoms with Crippen molar-refractivity contribution in [2.24, 2.45) is 0 Å². The molecule has 0 N–H and O–H groups in total. The van der Waals surface area contributed by atoms with Gasteiger partial charge in [0.1, 0.15) is 0 Å². The second kappa shape index (κ2) is 7.26. The first kappa shape index (κ1) is 21.9. The van der Waals surface area contributed by atoms with E-state index in [1.165, 1.54) is 50.2 Å². The van der Waals surface area contributed by atoms with Crippen LogP contribution in [0.1, 0.15) is 63.8 Å². The van der Waals surface area contributed by atoms with Crippen LogP contribution in [-0.4, -0.2) is 0 Å². The van der Waals surface area contributed by atoms with Crippen LogP contribution in [0.5, 0.6) is 0 Å². The molecule has 0 aliphatic heterocycles. The van der Waals surface area contributed by atoms with E-state index < -0.39 is 0 Å². The van der Waals surface area contributed by atoms with Crippen LogP contribution >= 0.6 is 0 Å². The molecule has 3 rings (SSSR count). The molecule has 24 heavy (non-hydrogen) atoms.